The number of azide groups is 1. The van der Waals surface area contributed by atoms with Crippen molar-refractivity contribution in [1.82, 2.24) is 0 Å². The molecule has 1 aromatic heterocycles. The van der Waals surface area contributed by atoms with Gasteiger partial charge in [0.1, 0.15) is 6.04 Å². The molecule has 0 bridgehead atoms. The SMILES string of the molecule is CCOC(=O)[C@@H](O)[C@@H](N=[N+]=[N-])c1cc(-c2ccccc2)cs1. The van der Waals surface area contributed by atoms with Gasteiger partial charge < -0.3 is 9.84 Å². The van der Waals surface area contributed by atoms with E-state index in [2.05, 4.69) is 10.0 Å². The van der Waals surface area contributed by atoms with Crippen LogP contribution in [0, 0.1) is 0 Å². The monoisotopic (exact) mass is 317 g/mol. The summed E-state index contributed by atoms with van der Waals surface area (Å²) in [5.74, 6) is -0.797. The average Bonchev–Trinajstić information content (AvgIpc) is 3.02. The lowest BCUT2D eigenvalue weighted by molar-refractivity contribution is -0.154. The Morgan fingerprint density at radius 1 is 1.41 bits per heavy atom. The van der Waals surface area contributed by atoms with Gasteiger partial charge in [-0.2, -0.15) is 0 Å². The Kier molecular flexibility index (Phi) is 5.55. The third-order valence-electron chi connectivity index (χ3n) is 3.02. The number of thiophene rings is 1. The van der Waals surface area contributed by atoms with Crippen molar-refractivity contribution in [3.63, 3.8) is 0 Å². The standard InChI is InChI=1S/C15H15N3O3S/c1-2-21-15(20)14(19)13(17-18-16)12-8-11(9-22-12)10-6-4-3-5-7-10/h3-9,13-14,19H,2H2,1H3/t13-,14-/m0/s1. The second-order valence-corrected chi connectivity index (χ2v) is 5.39. The van der Waals surface area contributed by atoms with Crippen molar-refractivity contribution < 1.29 is 14.6 Å². The van der Waals surface area contributed by atoms with Gasteiger partial charge in [0.2, 0.25) is 0 Å². The van der Waals surface area contributed by atoms with Crippen LogP contribution in [0.15, 0.2) is 46.9 Å². The van der Waals surface area contributed by atoms with E-state index in [1.807, 2.05) is 41.8 Å². The summed E-state index contributed by atoms with van der Waals surface area (Å²) >= 11 is 1.32. The fourth-order valence-corrected chi connectivity index (χ4v) is 2.96. The van der Waals surface area contributed by atoms with Crippen LogP contribution in [-0.2, 0) is 9.53 Å². The zero-order chi connectivity index (χ0) is 15.9. The number of ether oxygens (including phenoxy) is 1. The molecule has 0 saturated heterocycles. The molecule has 1 aromatic carbocycles. The van der Waals surface area contributed by atoms with E-state index >= 15 is 0 Å². The highest BCUT2D eigenvalue weighted by Gasteiger charge is 2.29. The molecule has 0 unspecified atom stereocenters. The van der Waals surface area contributed by atoms with Crippen LogP contribution >= 0.6 is 11.3 Å². The highest BCUT2D eigenvalue weighted by molar-refractivity contribution is 7.10. The van der Waals surface area contributed by atoms with Crippen molar-refractivity contribution in [2.75, 3.05) is 6.61 Å². The maximum atomic E-state index is 11.7. The third-order valence-corrected chi connectivity index (χ3v) is 4.02. The van der Waals surface area contributed by atoms with Crippen molar-refractivity contribution in [2.45, 2.75) is 19.1 Å². The minimum Gasteiger partial charge on any atom is -0.464 e. The van der Waals surface area contributed by atoms with E-state index in [1.165, 1.54) is 11.3 Å². The Balaban J connectivity index is 2.28. The number of carbonyl (C=O) groups is 1. The molecule has 2 atom stereocenters. The highest BCUT2D eigenvalue weighted by Crippen LogP contribution is 2.33. The van der Waals surface area contributed by atoms with Crippen LogP contribution in [0.5, 0.6) is 0 Å². The minimum atomic E-state index is -1.52. The number of rotatable bonds is 6. The number of carbonyl (C=O) groups excluding carboxylic acids is 1. The number of benzene rings is 1. The zero-order valence-corrected chi connectivity index (χ0v) is 12.7. The number of nitrogens with zero attached hydrogens (tertiary/aromatic N) is 3. The molecule has 22 heavy (non-hydrogen) atoms. The molecule has 0 saturated carbocycles. The van der Waals surface area contributed by atoms with E-state index in [-0.39, 0.29) is 6.61 Å². The molecule has 0 aliphatic heterocycles. The maximum Gasteiger partial charge on any atom is 0.335 e. The Hall–Kier alpha value is -2.34. The normalized spacial score (nSPS) is 13.0. The molecule has 0 spiro atoms. The molecule has 1 heterocycles. The fourth-order valence-electron chi connectivity index (χ4n) is 1.98. The second-order valence-electron chi connectivity index (χ2n) is 4.45. The lowest BCUT2D eigenvalue weighted by Crippen LogP contribution is -2.28. The first-order chi connectivity index (χ1) is 10.7. The van der Waals surface area contributed by atoms with Crippen molar-refractivity contribution in [2.24, 2.45) is 5.11 Å². The van der Waals surface area contributed by atoms with Crippen LogP contribution < -0.4 is 0 Å². The predicted octanol–water partition coefficient (Wildman–Crippen LogP) is 3.69. The molecule has 0 amide bonds. The van der Waals surface area contributed by atoms with Crippen LogP contribution in [0.1, 0.15) is 17.8 Å². The lowest BCUT2D eigenvalue weighted by atomic mass is 10.1. The third kappa shape index (κ3) is 3.65. The Morgan fingerprint density at radius 2 is 2.14 bits per heavy atom. The highest BCUT2D eigenvalue weighted by atomic mass is 32.1. The van der Waals surface area contributed by atoms with E-state index in [1.54, 1.807) is 6.92 Å². The smallest absolute Gasteiger partial charge is 0.335 e. The molecule has 114 valence electrons. The molecule has 2 rings (SSSR count). The quantitative estimate of drug-likeness (QED) is 0.381. The maximum absolute atomic E-state index is 11.7. The summed E-state index contributed by atoms with van der Waals surface area (Å²) in [5.41, 5.74) is 10.6. The van der Waals surface area contributed by atoms with Gasteiger partial charge in [-0.15, -0.1) is 11.3 Å². The Labute approximate surface area is 131 Å². The van der Waals surface area contributed by atoms with Gasteiger partial charge in [0.15, 0.2) is 6.10 Å². The summed E-state index contributed by atoms with van der Waals surface area (Å²) in [4.78, 5) is 15.0. The summed E-state index contributed by atoms with van der Waals surface area (Å²) in [5, 5.41) is 15.5. The molecule has 0 aliphatic carbocycles. The van der Waals surface area contributed by atoms with Crippen molar-refractivity contribution in [3.05, 3.63) is 57.1 Å². The van der Waals surface area contributed by atoms with E-state index in [4.69, 9.17) is 10.3 Å². The molecule has 0 fully saturated rings. The number of aliphatic hydroxyl groups is 1. The fraction of sp³-hybridized carbons (Fsp3) is 0.267. The van der Waals surface area contributed by atoms with Gasteiger partial charge in [-0.05, 0) is 35.0 Å². The lowest BCUT2D eigenvalue weighted by Gasteiger charge is -2.15. The van der Waals surface area contributed by atoms with E-state index in [9.17, 15) is 9.90 Å². The molecule has 6 nitrogen and oxygen atoms in total. The van der Waals surface area contributed by atoms with Crippen molar-refractivity contribution in [3.8, 4) is 11.1 Å². The number of hydrogen-bond acceptors (Lipinski definition) is 5. The van der Waals surface area contributed by atoms with Gasteiger partial charge in [0, 0.05) is 9.79 Å². The molecule has 0 aliphatic rings. The first kappa shape index (κ1) is 16.0. The Bertz CT molecular complexity index is 680. The largest absolute Gasteiger partial charge is 0.464 e. The van der Waals surface area contributed by atoms with Gasteiger partial charge >= 0.3 is 5.97 Å². The molecule has 7 heteroatoms. The Morgan fingerprint density at radius 3 is 2.77 bits per heavy atom. The van der Waals surface area contributed by atoms with Gasteiger partial charge in [-0.1, -0.05) is 35.4 Å². The van der Waals surface area contributed by atoms with E-state index in [0.717, 1.165) is 11.1 Å². The van der Waals surface area contributed by atoms with Crippen LogP contribution in [0.4, 0.5) is 0 Å². The number of hydrogen-bond donors (Lipinski definition) is 1. The molecule has 0 radical (unpaired) electrons. The zero-order valence-electron chi connectivity index (χ0n) is 11.9. The summed E-state index contributed by atoms with van der Waals surface area (Å²) in [6.07, 6.45) is -1.52. The molecule has 1 N–H and O–H groups in total. The van der Waals surface area contributed by atoms with Crippen LogP contribution in [0.25, 0.3) is 21.6 Å². The first-order valence-corrected chi connectivity index (χ1v) is 7.58. The summed E-state index contributed by atoms with van der Waals surface area (Å²) in [7, 11) is 0. The van der Waals surface area contributed by atoms with Crippen LogP contribution in [-0.4, -0.2) is 23.8 Å². The predicted molar refractivity (Wildman–Crippen MR) is 84.3 cm³/mol. The topological polar surface area (TPSA) is 95.3 Å². The second kappa shape index (κ2) is 7.61. The van der Waals surface area contributed by atoms with Crippen molar-refractivity contribution >= 4 is 17.3 Å². The van der Waals surface area contributed by atoms with Crippen LogP contribution in [0.2, 0.25) is 0 Å². The van der Waals surface area contributed by atoms with Gasteiger partial charge in [0.05, 0.1) is 6.61 Å². The molecular weight excluding hydrogens is 302 g/mol. The first-order valence-electron chi connectivity index (χ1n) is 6.70. The van der Waals surface area contributed by atoms with Crippen molar-refractivity contribution in [1.29, 1.82) is 0 Å². The van der Waals surface area contributed by atoms with Gasteiger partial charge in [-0.25, -0.2) is 4.79 Å². The minimum absolute atomic E-state index is 0.151. The molecular formula is C15H15N3O3S. The van der Waals surface area contributed by atoms with E-state index < -0.39 is 18.1 Å². The summed E-state index contributed by atoms with van der Waals surface area (Å²) < 4.78 is 4.78. The average molecular weight is 317 g/mol. The number of esters is 1. The number of aliphatic hydroxyl groups excluding tert-OH is 1. The summed E-state index contributed by atoms with van der Waals surface area (Å²) in [6.45, 7) is 1.80. The van der Waals surface area contributed by atoms with Crippen LogP contribution in [0.3, 0.4) is 0 Å². The van der Waals surface area contributed by atoms with E-state index in [0.29, 0.717) is 4.88 Å². The van der Waals surface area contributed by atoms with Gasteiger partial charge in [-0.3, -0.25) is 0 Å². The molecule has 2 aromatic rings. The summed E-state index contributed by atoms with van der Waals surface area (Å²) in [6, 6.07) is 10.5. The van der Waals surface area contributed by atoms with Gasteiger partial charge in [0.25, 0.3) is 0 Å².